The van der Waals surface area contributed by atoms with E-state index in [1.807, 2.05) is 51.1 Å². The Labute approximate surface area is 240 Å². The van der Waals surface area contributed by atoms with Crippen molar-refractivity contribution in [3.05, 3.63) is 59.9 Å². The van der Waals surface area contributed by atoms with Crippen molar-refractivity contribution >= 4 is 23.7 Å². The average molecular weight is 569 g/mol. The fourth-order valence-corrected chi connectivity index (χ4v) is 4.94. The first-order chi connectivity index (χ1) is 19.3. The third-order valence-electron chi connectivity index (χ3n) is 7.84. The van der Waals surface area contributed by atoms with Crippen LogP contribution in [0.15, 0.2) is 48.7 Å². The van der Waals surface area contributed by atoms with Crippen molar-refractivity contribution in [2.75, 3.05) is 7.05 Å². The van der Waals surface area contributed by atoms with Gasteiger partial charge in [0.1, 0.15) is 23.9 Å². The first-order valence-electron chi connectivity index (χ1n) is 13.8. The molecule has 3 rings (SSSR count). The molecule has 2 unspecified atom stereocenters. The second kappa shape index (κ2) is 13.6. The van der Waals surface area contributed by atoms with Gasteiger partial charge in [0.05, 0.1) is 18.1 Å². The largest absolute Gasteiger partial charge is 0.505 e. The smallest absolute Gasteiger partial charge is 0.329 e. The van der Waals surface area contributed by atoms with Gasteiger partial charge in [0.2, 0.25) is 11.8 Å². The number of ether oxygens (including phenoxy) is 1. The van der Waals surface area contributed by atoms with Crippen LogP contribution in [0.2, 0.25) is 0 Å². The van der Waals surface area contributed by atoms with Crippen molar-refractivity contribution in [2.45, 2.75) is 71.4 Å². The minimum absolute atomic E-state index is 0.0111. The molecule has 11 nitrogen and oxygen atoms in total. The van der Waals surface area contributed by atoms with E-state index in [2.05, 4.69) is 15.6 Å². The lowest BCUT2D eigenvalue weighted by Gasteiger charge is -2.38. The van der Waals surface area contributed by atoms with Crippen LogP contribution in [-0.4, -0.2) is 81.2 Å². The Morgan fingerprint density at radius 3 is 2.37 bits per heavy atom. The van der Waals surface area contributed by atoms with E-state index in [-0.39, 0.29) is 29.7 Å². The molecular weight excluding hydrogens is 528 g/mol. The maximum Gasteiger partial charge on any atom is 0.329 e. The van der Waals surface area contributed by atoms with Gasteiger partial charge in [-0.2, -0.15) is 0 Å². The molecule has 2 heterocycles. The Kier molecular flexibility index (Phi) is 10.4. The molecule has 1 saturated heterocycles. The van der Waals surface area contributed by atoms with Crippen molar-refractivity contribution in [2.24, 2.45) is 17.8 Å². The third kappa shape index (κ3) is 7.40. The average Bonchev–Trinajstić information content (AvgIpc) is 2.94. The number of aromatic hydroxyl groups is 1. The molecule has 0 saturated carbocycles. The van der Waals surface area contributed by atoms with Crippen LogP contribution in [0.4, 0.5) is 0 Å². The van der Waals surface area contributed by atoms with Crippen molar-refractivity contribution < 1.29 is 34.1 Å². The predicted molar refractivity (Wildman–Crippen MR) is 151 cm³/mol. The molecule has 41 heavy (non-hydrogen) atoms. The minimum Gasteiger partial charge on any atom is -0.505 e. The molecule has 2 aromatic rings. The standard InChI is InChI=1S/C30H40N4O7/c1-16(2)17(3)25-30(40)41-19(5)23(33-28(38)24-22(35)13-10-14-31-24)27(37)32-21(15-20-11-8-7-9-12-20)26(36)18(4)29(39)34(25)6/h7-14,16-19,21,23,25-26,35-36H,15H2,1-6H3,(H,32,37)(H,33,38)/t17?,18-,19-,21+,23+,25?,26+/m1/s1. The number of pyridine rings is 1. The number of aliphatic hydroxyl groups excluding tert-OH is 1. The van der Waals surface area contributed by atoms with E-state index in [1.54, 1.807) is 6.92 Å². The van der Waals surface area contributed by atoms with E-state index < -0.39 is 59.9 Å². The van der Waals surface area contributed by atoms with Gasteiger partial charge in [-0.3, -0.25) is 14.4 Å². The van der Waals surface area contributed by atoms with Gasteiger partial charge in [0.15, 0.2) is 5.69 Å². The molecule has 1 aromatic heterocycles. The van der Waals surface area contributed by atoms with Crippen LogP contribution in [0.3, 0.4) is 0 Å². The van der Waals surface area contributed by atoms with E-state index in [1.165, 1.54) is 37.2 Å². The fourth-order valence-electron chi connectivity index (χ4n) is 4.94. The molecule has 222 valence electrons. The monoisotopic (exact) mass is 568 g/mol. The Morgan fingerprint density at radius 2 is 1.76 bits per heavy atom. The van der Waals surface area contributed by atoms with Crippen molar-refractivity contribution in [1.82, 2.24) is 20.5 Å². The molecular formula is C30H40N4O7. The number of esters is 1. The molecule has 7 atom stereocenters. The molecule has 1 aliphatic rings. The summed E-state index contributed by atoms with van der Waals surface area (Å²) in [4.78, 5) is 59.1. The lowest BCUT2D eigenvalue weighted by atomic mass is 9.87. The number of likely N-dealkylation sites (N-methyl/N-ethyl adjacent to an activating group) is 1. The Balaban J connectivity index is 2.06. The zero-order chi connectivity index (χ0) is 30.4. The highest BCUT2D eigenvalue weighted by Gasteiger charge is 2.43. The molecule has 0 radical (unpaired) electrons. The van der Waals surface area contributed by atoms with Gasteiger partial charge in [-0.15, -0.1) is 0 Å². The van der Waals surface area contributed by atoms with Gasteiger partial charge in [0, 0.05) is 13.2 Å². The van der Waals surface area contributed by atoms with Crippen LogP contribution < -0.4 is 10.6 Å². The van der Waals surface area contributed by atoms with Crippen molar-refractivity contribution in [3.8, 4) is 5.75 Å². The van der Waals surface area contributed by atoms with E-state index in [9.17, 15) is 29.4 Å². The SMILES string of the molecule is CC(C)C(C)C1C(=O)O[C@H](C)[C@H](NC(=O)c2ncccc2O)C(=O)N[C@@H](Cc2ccccc2)[C@@H](O)[C@@H](C)C(=O)N1C. The molecule has 1 fully saturated rings. The summed E-state index contributed by atoms with van der Waals surface area (Å²) in [5, 5.41) is 26.9. The van der Waals surface area contributed by atoms with Crippen LogP contribution >= 0.6 is 0 Å². The zero-order valence-corrected chi connectivity index (χ0v) is 24.3. The number of hydrogen-bond acceptors (Lipinski definition) is 8. The van der Waals surface area contributed by atoms with E-state index in [0.717, 1.165) is 5.56 Å². The fraction of sp³-hybridized carbons (Fsp3) is 0.500. The van der Waals surface area contributed by atoms with Gasteiger partial charge in [-0.25, -0.2) is 9.78 Å². The minimum atomic E-state index is -1.41. The molecule has 0 bridgehead atoms. The van der Waals surface area contributed by atoms with Gasteiger partial charge in [-0.05, 0) is 42.9 Å². The Bertz CT molecular complexity index is 1240. The molecule has 4 N–H and O–H groups in total. The molecule has 1 aromatic carbocycles. The highest BCUT2D eigenvalue weighted by atomic mass is 16.5. The normalized spacial score (nSPS) is 26.8. The van der Waals surface area contributed by atoms with E-state index in [4.69, 9.17) is 4.74 Å². The first kappa shape index (κ1) is 31.5. The Morgan fingerprint density at radius 1 is 1.10 bits per heavy atom. The van der Waals surface area contributed by atoms with Gasteiger partial charge in [-0.1, -0.05) is 58.0 Å². The van der Waals surface area contributed by atoms with Crippen LogP contribution in [0.1, 0.15) is 50.7 Å². The van der Waals surface area contributed by atoms with Crippen LogP contribution in [0, 0.1) is 17.8 Å². The summed E-state index contributed by atoms with van der Waals surface area (Å²) >= 11 is 0. The highest BCUT2D eigenvalue weighted by Crippen LogP contribution is 2.25. The van der Waals surface area contributed by atoms with E-state index in [0.29, 0.717) is 0 Å². The van der Waals surface area contributed by atoms with Crippen molar-refractivity contribution in [3.63, 3.8) is 0 Å². The summed E-state index contributed by atoms with van der Waals surface area (Å²) in [7, 11) is 1.50. The summed E-state index contributed by atoms with van der Waals surface area (Å²) in [6, 6.07) is 8.53. The number of nitrogens with one attached hydrogen (secondary N) is 2. The van der Waals surface area contributed by atoms with Crippen LogP contribution in [0.25, 0.3) is 0 Å². The summed E-state index contributed by atoms with van der Waals surface area (Å²) in [6.45, 7) is 8.66. The number of rotatable bonds is 6. The number of carbonyl (C=O) groups excluding carboxylic acids is 4. The Hall–Kier alpha value is -3.99. The van der Waals surface area contributed by atoms with Crippen LogP contribution in [0.5, 0.6) is 5.75 Å². The first-order valence-corrected chi connectivity index (χ1v) is 13.8. The number of aliphatic hydroxyl groups is 1. The second-order valence-electron chi connectivity index (χ2n) is 11.0. The quantitative estimate of drug-likeness (QED) is 0.383. The summed E-state index contributed by atoms with van der Waals surface area (Å²) < 4.78 is 5.74. The van der Waals surface area contributed by atoms with Crippen molar-refractivity contribution in [1.29, 1.82) is 0 Å². The molecule has 11 heteroatoms. The second-order valence-corrected chi connectivity index (χ2v) is 11.0. The molecule has 1 aliphatic heterocycles. The number of amides is 3. The molecule has 3 amide bonds. The molecule has 0 aliphatic carbocycles. The third-order valence-corrected chi connectivity index (χ3v) is 7.84. The number of cyclic esters (lactones) is 1. The predicted octanol–water partition coefficient (Wildman–Crippen LogP) is 1.67. The maximum absolute atomic E-state index is 13.7. The highest BCUT2D eigenvalue weighted by molar-refractivity contribution is 5.98. The van der Waals surface area contributed by atoms with Crippen LogP contribution in [-0.2, 0) is 25.5 Å². The number of aromatic nitrogens is 1. The lowest BCUT2D eigenvalue weighted by Crippen LogP contribution is -2.61. The topological polar surface area (TPSA) is 158 Å². The van der Waals surface area contributed by atoms with E-state index >= 15 is 0 Å². The summed E-state index contributed by atoms with van der Waals surface area (Å²) in [5.74, 6) is -4.53. The summed E-state index contributed by atoms with van der Waals surface area (Å²) in [5.41, 5.74) is 0.498. The van der Waals surface area contributed by atoms with Gasteiger partial charge >= 0.3 is 5.97 Å². The summed E-state index contributed by atoms with van der Waals surface area (Å²) in [6.07, 6.45) is -1.01. The van der Waals surface area contributed by atoms with Gasteiger partial charge in [0.25, 0.3) is 5.91 Å². The van der Waals surface area contributed by atoms with Gasteiger partial charge < -0.3 is 30.5 Å². The zero-order valence-electron chi connectivity index (χ0n) is 24.3. The number of nitrogens with zero attached hydrogens (tertiary/aromatic N) is 2. The maximum atomic E-state index is 13.7. The number of carbonyl (C=O) groups is 4. The lowest BCUT2D eigenvalue weighted by molar-refractivity contribution is -0.165. The number of hydrogen-bond donors (Lipinski definition) is 4. The molecule has 0 spiro atoms. The number of benzene rings is 1.